The monoisotopic (exact) mass is 412 g/mol. The van der Waals surface area contributed by atoms with E-state index in [2.05, 4.69) is 30.1 Å². The second-order valence-electron chi connectivity index (χ2n) is 10.8. The number of carbonyl (C=O) groups is 1. The molecular formula is C25H36N2O3. The third-order valence-electron chi connectivity index (χ3n) is 9.54. The number of hydrogen-bond acceptors (Lipinski definition) is 4. The van der Waals surface area contributed by atoms with E-state index in [4.69, 9.17) is 4.74 Å². The van der Waals surface area contributed by atoms with Crippen molar-refractivity contribution in [3.63, 3.8) is 0 Å². The Bertz CT molecular complexity index is 860. The van der Waals surface area contributed by atoms with E-state index in [0.717, 1.165) is 42.7 Å². The minimum atomic E-state index is -0.333. The van der Waals surface area contributed by atoms with Crippen LogP contribution in [0.4, 0.5) is 0 Å². The van der Waals surface area contributed by atoms with Gasteiger partial charge in [0.05, 0.1) is 12.7 Å². The van der Waals surface area contributed by atoms with Crippen molar-refractivity contribution < 1.29 is 14.6 Å². The molecule has 1 aromatic heterocycles. The molecule has 3 fully saturated rings. The second-order valence-corrected chi connectivity index (χ2v) is 10.8. The van der Waals surface area contributed by atoms with Crippen LogP contribution in [0.15, 0.2) is 17.7 Å². The highest BCUT2D eigenvalue weighted by Gasteiger charge is 2.59. The summed E-state index contributed by atoms with van der Waals surface area (Å²) >= 11 is 0. The maximum absolute atomic E-state index is 12.1. The van der Waals surface area contributed by atoms with Crippen LogP contribution in [0.5, 0.6) is 0 Å². The fourth-order valence-corrected chi connectivity index (χ4v) is 7.98. The summed E-state index contributed by atoms with van der Waals surface area (Å²) in [6, 6.07) is 1.94. The van der Waals surface area contributed by atoms with Gasteiger partial charge in [-0.1, -0.05) is 25.5 Å². The van der Waals surface area contributed by atoms with Crippen LogP contribution in [0.2, 0.25) is 0 Å². The SMILES string of the molecule is CCOC(=O)c1cc(C2CCC3C4CC=C5CC(O)CCC5(C)C4CCC23C)[nH]n1. The number of nitrogens with zero attached hydrogens (tertiary/aromatic N) is 1. The molecule has 7 unspecified atom stereocenters. The molecule has 4 aliphatic carbocycles. The van der Waals surface area contributed by atoms with Gasteiger partial charge in [-0.25, -0.2) is 4.79 Å². The number of nitrogens with one attached hydrogen (secondary N) is 1. The summed E-state index contributed by atoms with van der Waals surface area (Å²) in [6.45, 7) is 7.17. The molecule has 164 valence electrons. The predicted octanol–water partition coefficient (Wildman–Crippen LogP) is 4.99. The average molecular weight is 413 g/mol. The van der Waals surface area contributed by atoms with E-state index in [-0.39, 0.29) is 22.9 Å². The fourth-order valence-electron chi connectivity index (χ4n) is 7.98. The molecule has 5 heteroatoms. The zero-order valence-electron chi connectivity index (χ0n) is 18.6. The highest BCUT2D eigenvalue weighted by molar-refractivity contribution is 5.87. The quantitative estimate of drug-likeness (QED) is 0.541. The molecule has 3 saturated carbocycles. The lowest BCUT2D eigenvalue weighted by Gasteiger charge is -2.58. The number of aliphatic hydroxyl groups is 1. The minimum Gasteiger partial charge on any atom is -0.461 e. The molecule has 4 aliphatic rings. The largest absolute Gasteiger partial charge is 0.461 e. The van der Waals surface area contributed by atoms with Crippen LogP contribution in [-0.4, -0.2) is 34.0 Å². The van der Waals surface area contributed by atoms with Gasteiger partial charge in [-0.05, 0) is 92.9 Å². The van der Waals surface area contributed by atoms with Crippen molar-refractivity contribution in [3.8, 4) is 0 Å². The summed E-state index contributed by atoms with van der Waals surface area (Å²) in [7, 11) is 0. The van der Waals surface area contributed by atoms with Crippen LogP contribution < -0.4 is 0 Å². The molecule has 7 atom stereocenters. The Balaban J connectivity index is 1.40. The number of ether oxygens (including phenoxy) is 1. The molecule has 30 heavy (non-hydrogen) atoms. The molecule has 0 amide bonds. The van der Waals surface area contributed by atoms with E-state index >= 15 is 0 Å². The fraction of sp³-hybridized carbons (Fsp3) is 0.760. The van der Waals surface area contributed by atoms with Crippen molar-refractivity contribution in [2.45, 2.75) is 84.2 Å². The number of aromatic nitrogens is 2. The molecule has 0 radical (unpaired) electrons. The zero-order valence-corrected chi connectivity index (χ0v) is 18.6. The highest BCUT2D eigenvalue weighted by Crippen LogP contribution is 2.67. The van der Waals surface area contributed by atoms with Crippen LogP contribution in [0.1, 0.15) is 94.2 Å². The Morgan fingerprint density at radius 2 is 2.07 bits per heavy atom. The van der Waals surface area contributed by atoms with Gasteiger partial charge in [0.25, 0.3) is 0 Å². The van der Waals surface area contributed by atoms with Gasteiger partial charge in [0, 0.05) is 11.6 Å². The predicted molar refractivity (Wildman–Crippen MR) is 115 cm³/mol. The van der Waals surface area contributed by atoms with Gasteiger partial charge in [-0.15, -0.1) is 0 Å². The number of esters is 1. The molecule has 5 nitrogen and oxygen atoms in total. The third kappa shape index (κ3) is 2.91. The summed E-state index contributed by atoms with van der Waals surface area (Å²) in [5.74, 6) is 2.31. The average Bonchev–Trinajstić information content (AvgIpc) is 3.33. The first-order valence-electron chi connectivity index (χ1n) is 12.0. The van der Waals surface area contributed by atoms with E-state index in [0.29, 0.717) is 18.2 Å². The molecule has 0 aliphatic heterocycles. The van der Waals surface area contributed by atoms with Crippen molar-refractivity contribution in [2.75, 3.05) is 6.61 Å². The number of H-pyrrole nitrogens is 1. The number of rotatable bonds is 3. The maximum Gasteiger partial charge on any atom is 0.358 e. The first-order valence-corrected chi connectivity index (χ1v) is 12.0. The van der Waals surface area contributed by atoms with Gasteiger partial charge < -0.3 is 9.84 Å². The van der Waals surface area contributed by atoms with E-state index in [1.54, 1.807) is 0 Å². The normalized spacial score (nSPS) is 42.7. The maximum atomic E-state index is 12.1. The summed E-state index contributed by atoms with van der Waals surface area (Å²) in [5, 5.41) is 17.7. The van der Waals surface area contributed by atoms with Crippen LogP contribution in [0.3, 0.4) is 0 Å². The lowest BCUT2D eigenvalue weighted by Crippen LogP contribution is -2.50. The van der Waals surface area contributed by atoms with Crippen molar-refractivity contribution in [2.24, 2.45) is 28.6 Å². The van der Waals surface area contributed by atoms with Crippen molar-refractivity contribution >= 4 is 5.97 Å². The number of hydrogen-bond donors (Lipinski definition) is 2. The Morgan fingerprint density at radius 1 is 1.23 bits per heavy atom. The summed E-state index contributed by atoms with van der Waals surface area (Å²) in [4.78, 5) is 12.1. The molecule has 2 N–H and O–H groups in total. The molecule has 0 aromatic carbocycles. The van der Waals surface area contributed by atoms with Crippen LogP contribution in [0, 0.1) is 28.6 Å². The Kier molecular flexibility index (Phi) is 4.88. The highest BCUT2D eigenvalue weighted by atomic mass is 16.5. The Morgan fingerprint density at radius 3 is 2.87 bits per heavy atom. The van der Waals surface area contributed by atoms with E-state index in [1.807, 2.05) is 13.0 Å². The number of aromatic amines is 1. The molecule has 1 aromatic rings. The first-order chi connectivity index (χ1) is 14.4. The van der Waals surface area contributed by atoms with Gasteiger partial charge in [-0.3, -0.25) is 5.10 Å². The van der Waals surface area contributed by atoms with Crippen molar-refractivity contribution in [1.82, 2.24) is 10.2 Å². The van der Waals surface area contributed by atoms with Crippen LogP contribution in [-0.2, 0) is 4.74 Å². The smallest absolute Gasteiger partial charge is 0.358 e. The molecule has 1 heterocycles. The molecular weight excluding hydrogens is 376 g/mol. The third-order valence-corrected chi connectivity index (χ3v) is 9.54. The second kappa shape index (κ2) is 7.22. The van der Waals surface area contributed by atoms with Crippen molar-refractivity contribution in [3.05, 3.63) is 29.1 Å². The van der Waals surface area contributed by atoms with Gasteiger partial charge in [0.15, 0.2) is 5.69 Å². The molecule has 0 bridgehead atoms. The van der Waals surface area contributed by atoms with Crippen molar-refractivity contribution in [1.29, 1.82) is 0 Å². The Labute approximate surface area is 179 Å². The molecule has 5 rings (SSSR count). The van der Waals surface area contributed by atoms with Crippen LogP contribution >= 0.6 is 0 Å². The number of fused-ring (bicyclic) bond motifs is 5. The lowest BCUT2D eigenvalue weighted by atomic mass is 9.47. The van der Waals surface area contributed by atoms with E-state index in [1.165, 1.54) is 37.7 Å². The van der Waals surface area contributed by atoms with Gasteiger partial charge in [0.2, 0.25) is 0 Å². The number of carbonyl (C=O) groups excluding carboxylic acids is 1. The van der Waals surface area contributed by atoms with Gasteiger partial charge in [0.1, 0.15) is 0 Å². The Hall–Kier alpha value is -1.62. The van der Waals surface area contributed by atoms with Crippen LogP contribution in [0.25, 0.3) is 0 Å². The summed E-state index contributed by atoms with van der Waals surface area (Å²) in [6.07, 6.45) is 11.4. The summed E-state index contributed by atoms with van der Waals surface area (Å²) in [5.41, 5.74) is 3.60. The van der Waals surface area contributed by atoms with E-state index < -0.39 is 0 Å². The molecule has 0 spiro atoms. The minimum absolute atomic E-state index is 0.139. The number of allylic oxidation sites excluding steroid dienone is 1. The molecule has 0 saturated heterocycles. The summed E-state index contributed by atoms with van der Waals surface area (Å²) < 4.78 is 5.13. The van der Waals surface area contributed by atoms with E-state index in [9.17, 15) is 9.90 Å². The first kappa shape index (κ1) is 20.3. The lowest BCUT2D eigenvalue weighted by molar-refractivity contribution is -0.0412. The zero-order chi connectivity index (χ0) is 21.1. The standard InChI is InChI=1S/C25H36N2O3/c1-4-30-23(29)22-14-21(26-27-22)20-8-7-18-17-6-5-15-13-16(28)9-11-24(15,2)19(17)10-12-25(18,20)3/h5,14,16-20,28H,4,6-13H2,1-3H3,(H,26,27). The van der Waals surface area contributed by atoms with Gasteiger partial charge in [-0.2, -0.15) is 5.10 Å². The number of aliphatic hydroxyl groups excluding tert-OH is 1. The topological polar surface area (TPSA) is 75.2 Å². The van der Waals surface area contributed by atoms with Gasteiger partial charge >= 0.3 is 5.97 Å².